The van der Waals surface area contributed by atoms with Crippen molar-refractivity contribution in [2.45, 2.75) is 16.7 Å². The normalized spacial score (nSPS) is 11.7. The highest BCUT2D eigenvalue weighted by atomic mass is 32.2. The van der Waals surface area contributed by atoms with Crippen molar-refractivity contribution in [3.8, 4) is 11.5 Å². The van der Waals surface area contributed by atoms with Crippen LogP contribution in [0.25, 0.3) is 0 Å². The van der Waals surface area contributed by atoms with Crippen LogP contribution >= 0.6 is 0 Å². The predicted molar refractivity (Wildman–Crippen MR) is 114 cm³/mol. The maximum Gasteiger partial charge on any atom is 0.262 e. The number of benzene rings is 3. The van der Waals surface area contributed by atoms with E-state index in [1.165, 1.54) is 25.3 Å². The second-order valence-electron chi connectivity index (χ2n) is 6.40. The first-order chi connectivity index (χ1) is 14.1. The molecule has 0 aliphatic heterocycles. The van der Waals surface area contributed by atoms with Gasteiger partial charge >= 0.3 is 0 Å². The number of phenolic OH excluding ortho intramolecular Hbond substituents is 1. The van der Waals surface area contributed by atoms with Crippen molar-refractivity contribution in [1.82, 2.24) is 0 Å². The molecule has 3 N–H and O–H groups in total. The number of hydrogen-bond donors (Lipinski definition) is 3. The maximum absolute atomic E-state index is 12.8. The van der Waals surface area contributed by atoms with Gasteiger partial charge in [0.05, 0.1) is 28.3 Å². The number of nitrogens with one attached hydrogen (secondary N) is 2. The molecule has 0 atom stereocenters. The van der Waals surface area contributed by atoms with Crippen molar-refractivity contribution >= 4 is 31.4 Å². The Morgan fingerprint density at radius 3 is 2.00 bits per heavy atom. The molecule has 30 heavy (non-hydrogen) atoms. The summed E-state index contributed by atoms with van der Waals surface area (Å²) < 4.78 is 60.5. The zero-order chi connectivity index (χ0) is 21.9. The quantitative estimate of drug-likeness (QED) is 0.477. The fraction of sp³-hybridized carbons (Fsp3) is 0.100. The summed E-state index contributed by atoms with van der Waals surface area (Å²) in [5, 5.41) is 10.1. The van der Waals surface area contributed by atoms with E-state index in [4.69, 9.17) is 4.74 Å². The summed E-state index contributed by atoms with van der Waals surface area (Å²) in [6.45, 7) is 1.82. The molecule has 0 spiro atoms. The molecule has 0 aliphatic rings. The van der Waals surface area contributed by atoms with Gasteiger partial charge in [0, 0.05) is 0 Å². The smallest absolute Gasteiger partial charge is 0.262 e. The number of anilines is 2. The van der Waals surface area contributed by atoms with E-state index in [0.29, 0.717) is 5.75 Å². The number of aryl methyl sites for hydroxylation is 1. The van der Waals surface area contributed by atoms with Crippen LogP contribution in [0.2, 0.25) is 0 Å². The van der Waals surface area contributed by atoms with E-state index in [2.05, 4.69) is 9.44 Å². The van der Waals surface area contributed by atoms with Gasteiger partial charge in [0.2, 0.25) is 0 Å². The fourth-order valence-electron chi connectivity index (χ4n) is 2.62. The van der Waals surface area contributed by atoms with E-state index < -0.39 is 25.8 Å². The lowest BCUT2D eigenvalue weighted by atomic mass is 10.2. The summed E-state index contributed by atoms with van der Waals surface area (Å²) in [4.78, 5) is -0.263. The Morgan fingerprint density at radius 2 is 1.33 bits per heavy atom. The van der Waals surface area contributed by atoms with Crippen LogP contribution in [0, 0.1) is 6.92 Å². The van der Waals surface area contributed by atoms with Crippen LogP contribution in [-0.4, -0.2) is 29.1 Å². The van der Waals surface area contributed by atoms with Crippen LogP contribution in [0.15, 0.2) is 76.5 Å². The Morgan fingerprint density at radius 1 is 0.767 bits per heavy atom. The van der Waals surface area contributed by atoms with E-state index in [0.717, 1.165) is 23.8 Å². The number of para-hydroxylation sites is 2. The van der Waals surface area contributed by atoms with E-state index in [9.17, 15) is 21.9 Å². The van der Waals surface area contributed by atoms with Crippen molar-refractivity contribution in [2.75, 3.05) is 16.6 Å². The molecular formula is C20H20N2O6S2. The Labute approximate surface area is 175 Å². The van der Waals surface area contributed by atoms with E-state index >= 15 is 0 Å². The topological polar surface area (TPSA) is 122 Å². The van der Waals surface area contributed by atoms with Crippen molar-refractivity contribution in [2.24, 2.45) is 0 Å². The number of hydrogen-bond acceptors (Lipinski definition) is 6. The standard InChI is InChI=1S/C20H20N2O6S2/c1-14-7-9-15(10-8-14)29(24,25)22-18-13-16(11-12-19(18)23)30(26,27)21-17-5-3-4-6-20(17)28-2/h3-13,21-23H,1-2H3. The van der Waals surface area contributed by atoms with Crippen molar-refractivity contribution < 1.29 is 26.7 Å². The van der Waals surface area contributed by atoms with Gasteiger partial charge in [-0.1, -0.05) is 29.8 Å². The van der Waals surface area contributed by atoms with Gasteiger partial charge in [0.25, 0.3) is 20.0 Å². The highest BCUT2D eigenvalue weighted by molar-refractivity contribution is 7.93. The maximum atomic E-state index is 12.8. The average molecular weight is 449 g/mol. The minimum Gasteiger partial charge on any atom is -0.506 e. The summed E-state index contributed by atoms with van der Waals surface area (Å²) in [6.07, 6.45) is 0. The molecule has 0 amide bonds. The summed E-state index contributed by atoms with van der Waals surface area (Å²) in [5.41, 5.74) is 0.834. The second-order valence-corrected chi connectivity index (χ2v) is 9.77. The molecule has 0 saturated carbocycles. The first-order valence-electron chi connectivity index (χ1n) is 8.71. The highest BCUT2D eigenvalue weighted by Crippen LogP contribution is 2.31. The zero-order valence-electron chi connectivity index (χ0n) is 16.2. The van der Waals surface area contributed by atoms with Crippen LogP contribution in [-0.2, 0) is 20.0 Å². The van der Waals surface area contributed by atoms with Crippen LogP contribution in [0.1, 0.15) is 5.56 Å². The molecule has 0 fully saturated rings. The summed E-state index contributed by atoms with van der Waals surface area (Å²) in [6, 6.07) is 15.8. The van der Waals surface area contributed by atoms with Gasteiger partial charge in [-0.3, -0.25) is 9.44 Å². The lowest BCUT2D eigenvalue weighted by molar-refractivity contribution is 0.417. The summed E-state index contributed by atoms with van der Waals surface area (Å²) >= 11 is 0. The number of methoxy groups -OCH3 is 1. The average Bonchev–Trinajstić information content (AvgIpc) is 2.70. The number of aromatic hydroxyl groups is 1. The Bertz CT molecular complexity index is 1270. The third-order valence-electron chi connectivity index (χ3n) is 4.21. The molecule has 3 rings (SSSR count). The van der Waals surface area contributed by atoms with E-state index in [1.807, 2.05) is 6.92 Å². The van der Waals surface area contributed by atoms with Crippen LogP contribution in [0.4, 0.5) is 11.4 Å². The first-order valence-corrected chi connectivity index (χ1v) is 11.7. The monoisotopic (exact) mass is 448 g/mol. The molecule has 10 heteroatoms. The van der Waals surface area contributed by atoms with E-state index in [1.54, 1.807) is 30.3 Å². The van der Waals surface area contributed by atoms with Crippen LogP contribution in [0.5, 0.6) is 11.5 Å². The Kier molecular flexibility index (Phi) is 5.90. The molecular weight excluding hydrogens is 428 g/mol. The molecule has 0 radical (unpaired) electrons. The molecule has 8 nitrogen and oxygen atoms in total. The molecule has 158 valence electrons. The van der Waals surface area contributed by atoms with Gasteiger partial charge in [0.15, 0.2) is 0 Å². The molecule has 0 bridgehead atoms. The lowest BCUT2D eigenvalue weighted by Gasteiger charge is -2.14. The van der Waals surface area contributed by atoms with Crippen LogP contribution < -0.4 is 14.2 Å². The molecule has 3 aromatic carbocycles. The van der Waals surface area contributed by atoms with Gasteiger partial charge in [-0.25, -0.2) is 16.8 Å². The number of ether oxygens (including phenoxy) is 1. The third-order valence-corrected chi connectivity index (χ3v) is 6.95. The SMILES string of the molecule is COc1ccccc1NS(=O)(=O)c1ccc(O)c(NS(=O)(=O)c2ccc(C)cc2)c1. The highest BCUT2D eigenvalue weighted by Gasteiger charge is 2.21. The van der Waals surface area contributed by atoms with Crippen molar-refractivity contribution in [3.05, 3.63) is 72.3 Å². The van der Waals surface area contributed by atoms with E-state index in [-0.39, 0.29) is 21.2 Å². The van der Waals surface area contributed by atoms with Gasteiger partial charge in [-0.2, -0.15) is 0 Å². The Balaban J connectivity index is 1.93. The second kappa shape index (κ2) is 8.25. The predicted octanol–water partition coefficient (Wildman–Crippen LogP) is 3.31. The Hall–Kier alpha value is -3.24. The molecule has 0 aliphatic carbocycles. The molecule has 0 aromatic heterocycles. The number of rotatable bonds is 7. The number of sulfonamides is 2. The minimum atomic E-state index is -4.09. The van der Waals surface area contributed by atoms with Gasteiger partial charge in [-0.15, -0.1) is 0 Å². The molecule has 3 aromatic rings. The first kappa shape index (κ1) is 21.5. The molecule has 0 unspecified atom stereocenters. The minimum absolute atomic E-state index is 0.0205. The van der Waals surface area contributed by atoms with Gasteiger partial charge in [-0.05, 0) is 49.4 Å². The van der Waals surface area contributed by atoms with Crippen LogP contribution in [0.3, 0.4) is 0 Å². The molecule has 0 heterocycles. The van der Waals surface area contributed by atoms with Gasteiger partial charge in [0.1, 0.15) is 11.5 Å². The largest absolute Gasteiger partial charge is 0.506 e. The fourth-order valence-corrected chi connectivity index (χ4v) is 4.78. The lowest BCUT2D eigenvalue weighted by Crippen LogP contribution is -2.16. The van der Waals surface area contributed by atoms with Crippen molar-refractivity contribution in [1.29, 1.82) is 0 Å². The molecule has 0 saturated heterocycles. The van der Waals surface area contributed by atoms with Crippen molar-refractivity contribution in [3.63, 3.8) is 0 Å². The third kappa shape index (κ3) is 4.66. The van der Waals surface area contributed by atoms with Gasteiger partial charge < -0.3 is 9.84 Å². The number of phenols is 1. The summed E-state index contributed by atoms with van der Waals surface area (Å²) in [7, 11) is -6.71. The summed E-state index contributed by atoms with van der Waals surface area (Å²) in [5.74, 6) is -0.0953. The zero-order valence-corrected chi connectivity index (χ0v) is 17.8.